The Labute approximate surface area is 47.3 Å². The van der Waals surface area contributed by atoms with Crippen molar-refractivity contribution in [2.45, 2.75) is 12.6 Å². The Hall–Kier alpha value is 0.390. The van der Waals surface area contributed by atoms with Crippen molar-refractivity contribution in [1.82, 2.24) is 4.90 Å². The molecule has 0 radical (unpaired) electrons. The lowest BCUT2D eigenvalue weighted by Crippen LogP contribution is -2.46. The average molecular weight is 117 g/mol. The summed E-state index contributed by atoms with van der Waals surface area (Å²) < 4.78 is 0. The standard InChI is InChI=1S/C5H12NP/c1-2-6-3-5(7)4-6/h5H,2-4,7H2,1H3. The maximum Gasteiger partial charge on any atom is 0.00567 e. The van der Waals surface area contributed by atoms with Crippen LogP contribution in [0.5, 0.6) is 0 Å². The Morgan fingerprint density at radius 3 is 2.43 bits per heavy atom. The molecule has 1 aliphatic rings. The number of nitrogens with zero attached hydrogens (tertiary/aromatic N) is 1. The highest BCUT2D eigenvalue weighted by Gasteiger charge is 2.19. The van der Waals surface area contributed by atoms with Crippen molar-refractivity contribution in [3.63, 3.8) is 0 Å². The minimum absolute atomic E-state index is 0.889. The number of hydrogen-bond acceptors (Lipinski definition) is 1. The van der Waals surface area contributed by atoms with E-state index in [1.54, 1.807) is 0 Å². The van der Waals surface area contributed by atoms with Crippen molar-refractivity contribution >= 4 is 9.24 Å². The zero-order valence-corrected chi connectivity index (χ0v) is 5.88. The molecular weight excluding hydrogens is 105 g/mol. The summed E-state index contributed by atoms with van der Waals surface area (Å²) in [5, 5.41) is 0. The Balaban J connectivity index is 2.06. The van der Waals surface area contributed by atoms with Crippen LogP contribution in [0, 0.1) is 0 Å². The molecule has 0 spiro atoms. The second kappa shape index (κ2) is 2.11. The van der Waals surface area contributed by atoms with Crippen LogP contribution in [0.1, 0.15) is 6.92 Å². The van der Waals surface area contributed by atoms with Gasteiger partial charge in [0.15, 0.2) is 0 Å². The Morgan fingerprint density at radius 1 is 1.71 bits per heavy atom. The van der Waals surface area contributed by atoms with Crippen molar-refractivity contribution in [2.24, 2.45) is 0 Å². The topological polar surface area (TPSA) is 3.24 Å². The van der Waals surface area contributed by atoms with Crippen LogP contribution in [0.4, 0.5) is 0 Å². The molecule has 0 aromatic rings. The van der Waals surface area contributed by atoms with Crippen LogP contribution in [0.15, 0.2) is 0 Å². The van der Waals surface area contributed by atoms with Crippen molar-refractivity contribution in [1.29, 1.82) is 0 Å². The third-order valence-corrected chi connectivity index (χ3v) is 1.85. The molecule has 1 aliphatic heterocycles. The summed E-state index contributed by atoms with van der Waals surface area (Å²) in [4.78, 5) is 2.43. The highest BCUT2D eigenvalue weighted by Crippen LogP contribution is 2.14. The molecule has 0 aromatic heterocycles. The molecule has 0 aliphatic carbocycles. The van der Waals surface area contributed by atoms with Crippen LogP contribution in [0.25, 0.3) is 0 Å². The highest BCUT2D eigenvalue weighted by molar-refractivity contribution is 7.17. The Morgan fingerprint density at radius 2 is 2.29 bits per heavy atom. The highest BCUT2D eigenvalue weighted by atomic mass is 31.0. The molecule has 0 amide bonds. The summed E-state index contributed by atoms with van der Waals surface area (Å²) in [5.41, 5.74) is 0.889. The predicted molar refractivity (Wildman–Crippen MR) is 35.6 cm³/mol. The van der Waals surface area contributed by atoms with E-state index in [2.05, 4.69) is 21.1 Å². The third-order valence-electron chi connectivity index (χ3n) is 1.43. The van der Waals surface area contributed by atoms with Gasteiger partial charge in [0.1, 0.15) is 0 Å². The molecule has 2 heteroatoms. The van der Waals surface area contributed by atoms with Gasteiger partial charge in [-0.2, -0.15) is 0 Å². The third kappa shape index (κ3) is 1.14. The van der Waals surface area contributed by atoms with Crippen LogP contribution in [-0.2, 0) is 0 Å². The molecule has 1 saturated heterocycles. The van der Waals surface area contributed by atoms with Gasteiger partial charge in [-0.15, -0.1) is 9.24 Å². The number of rotatable bonds is 1. The molecule has 1 fully saturated rings. The first-order valence-electron chi connectivity index (χ1n) is 2.81. The fraction of sp³-hybridized carbons (Fsp3) is 1.00. The van der Waals surface area contributed by atoms with E-state index in [1.165, 1.54) is 19.6 Å². The van der Waals surface area contributed by atoms with E-state index in [9.17, 15) is 0 Å². The van der Waals surface area contributed by atoms with Gasteiger partial charge in [-0.05, 0) is 12.2 Å². The van der Waals surface area contributed by atoms with Gasteiger partial charge in [-0.3, -0.25) is 0 Å². The second-order valence-corrected chi connectivity index (χ2v) is 3.06. The minimum Gasteiger partial charge on any atom is -0.302 e. The maximum atomic E-state index is 2.83. The van der Waals surface area contributed by atoms with Crippen molar-refractivity contribution in [2.75, 3.05) is 19.6 Å². The summed E-state index contributed by atoms with van der Waals surface area (Å²) in [7, 11) is 2.83. The number of likely N-dealkylation sites (tertiary alicyclic amines) is 1. The van der Waals surface area contributed by atoms with Gasteiger partial charge in [0, 0.05) is 13.1 Å². The van der Waals surface area contributed by atoms with Crippen molar-refractivity contribution < 1.29 is 0 Å². The van der Waals surface area contributed by atoms with Gasteiger partial charge in [-0.1, -0.05) is 6.92 Å². The van der Waals surface area contributed by atoms with Crippen LogP contribution >= 0.6 is 9.24 Å². The summed E-state index contributed by atoms with van der Waals surface area (Å²) >= 11 is 0. The van der Waals surface area contributed by atoms with E-state index in [-0.39, 0.29) is 0 Å². The van der Waals surface area contributed by atoms with E-state index in [0.29, 0.717) is 0 Å². The molecule has 42 valence electrons. The van der Waals surface area contributed by atoms with Gasteiger partial charge in [0.05, 0.1) is 0 Å². The lowest BCUT2D eigenvalue weighted by molar-refractivity contribution is 0.201. The van der Waals surface area contributed by atoms with E-state index >= 15 is 0 Å². The zero-order valence-electron chi connectivity index (χ0n) is 4.72. The van der Waals surface area contributed by atoms with Gasteiger partial charge >= 0.3 is 0 Å². The molecule has 1 nitrogen and oxygen atoms in total. The van der Waals surface area contributed by atoms with Gasteiger partial charge in [-0.25, -0.2) is 0 Å². The molecular formula is C5H12NP. The molecule has 0 aromatic carbocycles. The van der Waals surface area contributed by atoms with E-state index < -0.39 is 0 Å². The molecule has 1 unspecified atom stereocenters. The first-order valence-corrected chi connectivity index (χ1v) is 3.47. The summed E-state index contributed by atoms with van der Waals surface area (Å²) in [6, 6.07) is 0. The fourth-order valence-corrected chi connectivity index (χ4v) is 1.46. The van der Waals surface area contributed by atoms with Crippen LogP contribution in [0.2, 0.25) is 0 Å². The zero-order chi connectivity index (χ0) is 5.28. The second-order valence-electron chi connectivity index (χ2n) is 2.11. The molecule has 1 atom stereocenters. The lowest BCUT2D eigenvalue weighted by Gasteiger charge is -2.35. The van der Waals surface area contributed by atoms with E-state index in [4.69, 9.17) is 0 Å². The lowest BCUT2D eigenvalue weighted by atomic mass is 10.2. The molecule has 0 bridgehead atoms. The predicted octanol–water partition coefficient (Wildman–Crippen LogP) is 0.566. The number of hydrogen-bond donors (Lipinski definition) is 0. The van der Waals surface area contributed by atoms with Crippen LogP contribution in [-0.4, -0.2) is 30.2 Å². The van der Waals surface area contributed by atoms with Crippen LogP contribution in [0.3, 0.4) is 0 Å². The molecule has 7 heavy (non-hydrogen) atoms. The monoisotopic (exact) mass is 117 g/mol. The quantitative estimate of drug-likeness (QED) is 0.454. The minimum atomic E-state index is 0.889. The normalized spacial score (nSPS) is 24.9. The Bertz CT molecular complexity index is 59.1. The molecule has 0 N–H and O–H groups in total. The molecule has 0 saturated carbocycles. The summed E-state index contributed by atoms with van der Waals surface area (Å²) in [6.45, 7) is 6.02. The largest absolute Gasteiger partial charge is 0.302 e. The smallest absolute Gasteiger partial charge is 0.00567 e. The summed E-state index contributed by atoms with van der Waals surface area (Å²) in [6.07, 6.45) is 0. The first kappa shape index (κ1) is 5.53. The van der Waals surface area contributed by atoms with Gasteiger partial charge < -0.3 is 4.90 Å². The summed E-state index contributed by atoms with van der Waals surface area (Å²) in [5.74, 6) is 0. The van der Waals surface area contributed by atoms with Crippen molar-refractivity contribution in [3.05, 3.63) is 0 Å². The van der Waals surface area contributed by atoms with Crippen molar-refractivity contribution in [3.8, 4) is 0 Å². The molecule has 1 heterocycles. The van der Waals surface area contributed by atoms with Crippen LogP contribution < -0.4 is 0 Å². The van der Waals surface area contributed by atoms with E-state index in [1.807, 2.05) is 0 Å². The Kier molecular flexibility index (Phi) is 1.66. The SMILES string of the molecule is CCN1CC(P)C1. The molecule has 1 rings (SSSR count). The first-order chi connectivity index (χ1) is 3.33. The van der Waals surface area contributed by atoms with Gasteiger partial charge in [0.25, 0.3) is 0 Å². The van der Waals surface area contributed by atoms with E-state index in [0.717, 1.165) is 5.66 Å². The van der Waals surface area contributed by atoms with Gasteiger partial charge in [0.2, 0.25) is 0 Å². The maximum absolute atomic E-state index is 2.83. The average Bonchev–Trinajstić information content (AvgIpc) is 1.58. The fourth-order valence-electron chi connectivity index (χ4n) is 0.868.